The van der Waals surface area contributed by atoms with E-state index in [2.05, 4.69) is 10.3 Å². The molecule has 26 heavy (non-hydrogen) atoms. The molecule has 0 amide bonds. The average molecular weight is 357 g/mol. The number of aryl methyl sites for hydroxylation is 4. The predicted molar refractivity (Wildman–Crippen MR) is 97.7 cm³/mol. The first-order valence-corrected chi connectivity index (χ1v) is 8.51. The van der Waals surface area contributed by atoms with Gasteiger partial charge in [-0.25, -0.2) is 4.68 Å². The zero-order valence-electron chi connectivity index (χ0n) is 15.7. The Labute approximate surface area is 151 Å². The summed E-state index contributed by atoms with van der Waals surface area (Å²) in [5.41, 5.74) is 3.66. The van der Waals surface area contributed by atoms with Crippen LogP contribution in [-0.4, -0.2) is 32.8 Å². The number of benzene rings is 1. The molecule has 7 nitrogen and oxygen atoms in total. The van der Waals surface area contributed by atoms with Crippen LogP contribution < -0.4 is 10.3 Å². The Morgan fingerprint density at radius 1 is 1.19 bits per heavy atom. The number of rotatable bonds is 5. The third-order valence-corrected chi connectivity index (χ3v) is 4.61. The molecule has 0 saturated carbocycles. The molecule has 0 spiro atoms. The molecular formula is C19H23N3O4. The molecule has 2 heterocycles. The summed E-state index contributed by atoms with van der Waals surface area (Å²) in [5, 5.41) is 19.0. The Bertz CT molecular complexity index is 1020. The van der Waals surface area contributed by atoms with E-state index in [-0.39, 0.29) is 24.2 Å². The molecule has 0 aliphatic carbocycles. The first kappa shape index (κ1) is 18.1. The number of aromatic nitrogens is 3. The van der Waals surface area contributed by atoms with Gasteiger partial charge in [-0.3, -0.25) is 4.79 Å². The summed E-state index contributed by atoms with van der Waals surface area (Å²) in [6.07, 6.45) is -0.885. The SMILES string of the molecule is Cc1ccc(C)c(OC[C@H](O)Cn2nc(C)c3c(C)onc3c2=O)c1C. The van der Waals surface area contributed by atoms with Crippen molar-refractivity contribution >= 4 is 10.9 Å². The molecule has 0 bridgehead atoms. The van der Waals surface area contributed by atoms with E-state index in [0.717, 1.165) is 22.4 Å². The van der Waals surface area contributed by atoms with Crippen LogP contribution in [0.3, 0.4) is 0 Å². The van der Waals surface area contributed by atoms with E-state index >= 15 is 0 Å². The fourth-order valence-electron chi connectivity index (χ4n) is 3.05. The first-order valence-electron chi connectivity index (χ1n) is 8.51. The highest BCUT2D eigenvalue weighted by atomic mass is 16.5. The van der Waals surface area contributed by atoms with E-state index in [0.29, 0.717) is 16.8 Å². The molecule has 2 aromatic heterocycles. The molecular weight excluding hydrogens is 334 g/mol. The lowest BCUT2D eigenvalue weighted by Crippen LogP contribution is -2.32. The van der Waals surface area contributed by atoms with Gasteiger partial charge in [-0.2, -0.15) is 5.10 Å². The van der Waals surface area contributed by atoms with Gasteiger partial charge in [0.2, 0.25) is 0 Å². The van der Waals surface area contributed by atoms with Crippen LogP contribution in [0.25, 0.3) is 10.9 Å². The predicted octanol–water partition coefficient (Wildman–Crippen LogP) is 2.37. The summed E-state index contributed by atoms with van der Waals surface area (Å²) in [6, 6.07) is 4.02. The molecule has 3 rings (SSSR count). The van der Waals surface area contributed by atoms with E-state index in [1.54, 1.807) is 13.8 Å². The van der Waals surface area contributed by atoms with Crippen LogP contribution in [0.15, 0.2) is 21.5 Å². The van der Waals surface area contributed by atoms with Gasteiger partial charge in [0, 0.05) is 0 Å². The second-order valence-electron chi connectivity index (χ2n) is 6.65. The van der Waals surface area contributed by atoms with Crippen molar-refractivity contribution in [2.45, 2.75) is 47.3 Å². The van der Waals surface area contributed by atoms with Crippen LogP contribution in [-0.2, 0) is 6.54 Å². The van der Waals surface area contributed by atoms with E-state index < -0.39 is 6.10 Å². The van der Waals surface area contributed by atoms with Crippen LogP contribution in [0.2, 0.25) is 0 Å². The number of aliphatic hydroxyl groups is 1. The molecule has 0 aliphatic rings. The first-order chi connectivity index (χ1) is 12.3. The van der Waals surface area contributed by atoms with Crippen molar-refractivity contribution < 1.29 is 14.4 Å². The van der Waals surface area contributed by atoms with Gasteiger partial charge in [-0.05, 0) is 51.3 Å². The van der Waals surface area contributed by atoms with Crippen LogP contribution in [0.1, 0.15) is 28.1 Å². The quantitative estimate of drug-likeness (QED) is 0.754. The molecule has 1 atom stereocenters. The zero-order valence-corrected chi connectivity index (χ0v) is 15.7. The highest BCUT2D eigenvalue weighted by Crippen LogP contribution is 2.25. The number of hydrogen-bond donors (Lipinski definition) is 1. The van der Waals surface area contributed by atoms with Gasteiger partial charge in [0.25, 0.3) is 5.56 Å². The van der Waals surface area contributed by atoms with Gasteiger partial charge >= 0.3 is 0 Å². The summed E-state index contributed by atoms with van der Waals surface area (Å²) in [7, 11) is 0. The summed E-state index contributed by atoms with van der Waals surface area (Å²) < 4.78 is 12.1. The number of hydrogen-bond acceptors (Lipinski definition) is 6. The number of fused-ring (bicyclic) bond motifs is 1. The maximum atomic E-state index is 12.5. The van der Waals surface area contributed by atoms with Gasteiger partial charge in [-0.1, -0.05) is 17.3 Å². The maximum Gasteiger partial charge on any atom is 0.296 e. The molecule has 1 aromatic carbocycles. The maximum absolute atomic E-state index is 12.5. The summed E-state index contributed by atoms with van der Waals surface area (Å²) in [4.78, 5) is 12.5. The van der Waals surface area contributed by atoms with Gasteiger partial charge in [0.05, 0.1) is 17.6 Å². The Balaban J connectivity index is 1.78. The molecule has 3 aromatic rings. The summed E-state index contributed by atoms with van der Waals surface area (Å²) in [5.74, 6) is 1.33. The van der Waals surface area contributed by atoms with Crippen molar-refractivity contribution in [1.82, 2.24) is 14.9 Å². The molecule has 138 valence electrons. The van der Waals surface area contributed by atoms with Gasteiger partial charge in [-0.15, -0.1) is 0 Å². The fraction of sp³-hybridized carbons (Fsp3) is 0.421. The Morgan fingerprint density at radius 2 is 1.88 bits per heavy atom. The molecule has 0 aliphatic heterocycles. The molecule has 1 N–H and O–H groups in total. The van der Waals surface area contributed by atoms with Gasteiger partial charge in [0.15, 0.2) is 5.52 Å². The second-order valence-corrected chi connectivity index (χ2v) is 6.65. The van der Waals surface area contributed by atoms with E-state index in [4.69, 9.17) is 9.26 Å². The fourth-order valence-corrected chi connectivity index (χ4v) is 3.05. The monoisotopic (exact) mass is 357 g/mol. The lowest BCUT2D eigenvalue weighted by Gasteiger charge is -2.17. The Hall–Kier alpha value is -2.67. The molecule has 0 fully saturated rings. The highest BCUT2D eigenvalue weighted by Gasteiger charge is 2.17. The van der Waals surface area contributed by atoms with Crippen molar-refractivity contribution in [3.63, 3.8) is 0 Å². The van der Waals surface area contributed by atoms with E-state index in [9.17, 15) is 9.90 Å². The topological polar surface area (TPSA) is 90.4 Å². The van der Waals surface area contributed by atoms with Gasteiger partial charge in [0.1, 0.15) is 24.2 Å². The van der Waals surface area contributed by atoms with Crippen molar-refractivity contribution in [3.05, 3.63) is 50.6 Å². The minimum absolute atomic E-state index is 0.0193. The highest BCUT2D eigenvalue weighted by molar-refractivity contribution is 5.81. The number of nitrogens with zero attached hydrogens (tertiary/aromatic N) is 3. The Morgan fingerprint density at radius 3 is 2.62 bits per heavy atom. The van der Waals surface area contributed by atoms with Crippen LogP contribution >= 0.6 is 0 Å². The third-order valence-electron chi connectivity index (χ3n) is 4.61. The minimum Gasteiger partial charge on any atom is -0.490 e. The van der Waals surface area contributed by atoms with Crippen LogP contribution in [0.5, 0.6) is 5.75 Å². The second kappa shape index (κ2) is 6.92. The van der Waals surface area contributed by atoms with Gasteiger partial charge < -0.3 is 14.4 Å². The molecule has 0 radical (unpaired) electrons. The standard InChI is InChI=1S/C19H23N3O4/c1-10-6-7-11(2)18(12(10)3)25-9-15(23)8-22-19(24)17-16(13(4)20-22)14(5)26-21-17/h6-7,15,23H,8-9H2,1-5H3/t15-/m1/s1. The lowest BCUT2D eigenvalue weighted by molar-refractivity contribution is 0.0873. The largest absolute Gasteiger partial charge is 0.490 e. The lowest BCUT2D eigenvalue weighted by atomic mass is 10.1. The van der Waals surface area contributed by atoms with Crippen LogP contribution in [0.4, 0.5) is 0 Å². The smallest absolute Gasteiger partial charge is 0.296 e. The number of ether oxygens (including phenoxy) is 1. The summed E-state index contributed by atoms with van der Waals surface area (Å²) >= 11 is 0. The van der Waals surface area contributed by atoms with Crippen LogP contribution in [0, 0.1) is 34.6 Å². The van der Waals surface area contributed by atoms with E-state index in [1.165, 1.54) is 4.68 Å². The van der Waals surface area contributed by atoms with E-state index in [1.807, 2.05) is 32.9 Å². The molecule has 7 heteroatoms. The average Bonchev–Trinajstić information content (AvgIpc) is 2.98. The Kier molecular flexibility index (Phi) is 4.82. The normalized spacial score (nSPS) is 12.5. The zero-order chi connectivity index (χ0) is 19.0. The van der Waals surface area contributed by atoms with Crippen molar-refractivity contribution in [2.24, 2.45) is 0 Å². The van der Waals surface area contributed by atoms with Crippen molar-refractivity contribution in [3.8, 4) is 5.75 Å². The molecule has 0 unspecified atom stereocenters. The third kappa shape index (κ3) is 3.22. The van der Waals surface area contributed by atoms with Crippen molar-refractivity contribution in [2.75, 3.05) is 6.61 Å². The van der Waals surface area contributed by atoms with Crippen molar-refractivity contribution in [1.29, 1.82) is 0 Å². The molecule has 0 saturated heterocycles. The number of aliphatic hydroxyl groups excluding tert-OH is 1. The minimum atomic E-state index is -0.885. The summed E-state index contributed by atoms with van der Waals surface area (Å²) in [6.45, 7) is 9.57.